The lowest BCUT2D eigenvalue weighted by Gasteiger charge is -2.18. The minimum Gasteiger partial charge on any atom is -0.282 e. The number of benzene rings is 9. The predicted molar refractivity (Wildman–Crippen MR) is 220 cm³/mol. The zero-order chi connectivity index (χ0) is 39.3. The second-order valence-corrected chi connectivity index (χ2v) is 18.3. The van der Waals surface area contributed by atoms with E-state index in [0.29, 0.717) is 32.5 Å². The fourth-order valence-electron chi connectivity index (χ4n) is 8.04. The van der Waals surface area contributed by atoms with Gasteiger partial charge in [0, 0.05) is 6.42 Å². The summed E-state index contributed by atoms with van der Waals surface area (Å²) in [7, 11) is -13.8. The summed E-state index contributed by atoms with van der Waals surface area (Å²) in [6, 6.07) is 38.9. The van der Waals surface area contributed by atoms with Crippen LogP contribution >= 0.6 is 0 Å². The van der Waals surface area contributed by atoms with Crippen LogP contribution in [0.5, 0.6) is 0 Å². The van der Waals surface area contributed by atoms with E-state index in [4.69, 9.17) is 0 Å². The SMILES string of the molecule is Cc1ccc2cc3c(Cc4cc(S(=O)(=O)O)cc5cc6ccccc6cc45)c(S(=O)(=O)O)ccc3cc2c1-c1cccc2cc3ccc(S(=O)(=O)O)cc3cc12. The molecule has 3 N–H and O–H groups in total. The molecule has 0 heterocycles. The molecule has 9 rings (SSSR count). The Balaban J connectivity index is 1.29. The van der Waals surface area contributed by atoms with Gasteiger partial charge in [0.15, 0.2) is 0 Å². The molecule has 9 nitrogen and oxygen atoms in total. The Bertz CT molecular complexity index is 3540. The molecule has 0 radical (unpaired) electrons. The van der Waals surface area contributed by atoms with Crippen molar-refractivity contribution in [1.29, 1.82) is 0 Å². The Hall–Kier alpha value is -5.73. The van der Waals surface area contributed by atoms with Crippen LogP contribution in [-0.2, 0) is 36.8 Å². The molecule has 0 saturated heterocycles. The number of hydrogen-bond acceptors (Lipinski definition) is 6. The summed E-state index contributed by atoms with van der Waals surface area (Å²) in [5.74, 6) is 0. The monoisotopic (exact) mass is 798 g/mol. The van der Waals surface area contributed by atoms with Crippen LogP contribution in [0.15, 0.2) is 148 Å². The molecule has 9 aromatic carbocycles. The normalized spacial score (nSPS) is 12.8. The summed E-state index contributed by atoms with van der Waals surface area (Å²) in [5.41, 5.74) is 3.41. The summed E-state index contributed by atoms with van der Waals surface area (Å²) in [6.45, 7) is 1.99. The van der Waals surface area contributed by atoms with Crippen molar-refractivity contribution >= 4 is 95.0 Å². The third kappa shape index (κ3) is 6.16. The van der Waals surface area contributed by atoms with Crippen LogP contribution in [-0.4, -0.2) is 38.9 Å². The summed E-state index contributed by atoms with van der Waals surface area (Å²) < 4.78 is 105. The first-order chi connectivity index (χ1) is 26.5. The molecule has 0 aromatic heterocycles. The van der Waals surface area contributed by atoms with Gasteiger partial charge >= 0.3 is 0 Å². The van der Waals surface area contributed by atoms with E-state index < -0.39 is 30.4 Å². The third-order valence-electron chi connectivity index (χ3n) is 10.6. The van der Waals surface area contributed by atoms with E-state index >= 15 is 0 Å². The smallest absolute Gasteiger partial charge is 0.282 e. The van der Waals surface area contributed by atoms with Crippen molar-refractivity contribution in [2.45, 2.75) is 28.0 Å². The van der Waals surface area contributed by atoms with E-state index in [2.05, 4.69) is 0 Å². The number of hydrogen-bond donors (Lipinski definition) is 3. The topological polar surface area (TPSA) is 163 Å². The van der Waals surface area contributed by atoms with Gasteiger partial charge in [-0.25, -0.2) is 0 Å². The Morgan fingerprint density at radius 1 is 0.429 bits per heavy atom. The van der Waals surface area contributed by atoms with Gasteiger partial charge in [-0.15, -0.1) is 0 Å². The Kier molecular flexibility index (Phi) is 8.12. The highest BCUT2D eigenvalue weighted by molar-refractivity contribution is 7.86. The quantitative estimate of drug-likeness (QED) is 0.110. The Labute approximate surface area is 321 Å². The van der Waals surface area contributed by atoms with Crippen LogP contribution in [0.1, 0.15) is 16.7 Å². The molecule has 56 heavy (non-hydrogen) atoms. The summed E-state index contributed by atoms with van der Waals surface area (Å²) in [4.78, 5) is -0.875. The van der Waals surface area contributed by atoms with Crippen molar-refractivity contribution in [3.05, 3.63) is 150 Å². The number of aryl methyl sites for hydroxylation is 1. The molecule has 0 aliphatic carbocycles. The van der Waals surface area contributed by atoms with E-state index in [1.54, 1.807) is 12.1 Å². The van der Waals surface area contributed by atoms with Gasteiger partial charge in [0.1, 0.15) is 0 Å². The third-order valence-corrected chi connectivity index (χ3v) is 13.3. The molecule has 278 valence electrons. The minimum absolute atomic E-state index is 0.100. The summed E-state index contributed by atoms with van der Waals surface area (Å²) in [6.07, 6.45) is -0.100. The van der Waals surface area contributed by atoms with Crippen LogP contribution in [0.2, 0.25) is 0 Å². The molecule has 0 atom stereocenters. The van der Waals surface area contributed by atoms with Gasteiger partial charge in [-0.2, -0.15) is 25.3 Å². The highest BCUT2D eigenvalue weighted by Crippen LogP contribution is 2.41. The van der Waals surface area contributed by atoms with Gasteiger partial charge in [-0.3, -0.25) is 13.7 Å². The maximum atomic E-state index is 13.0. The second-order valence-electron chi connectivity index (χ2n) is 14.1. The molecule has 0 aliphatic rings. The number of fused-ring (bicyclic) bond motifs is 6. The molecule has 0 bridgehead atoms. The van der Waals surface area contributed by atoms with Crippen LogP contribution < -0.4 is 0 Å². The van der Waals surface area contributed by atoms with Gasteiger partial charge < -0.3 is 0 Å². The minimum atomic E-state index is -4.76. The molecule has 0 fully saturated rings. The van der Waals surface area contributed by atoms with Crippen LogP contribution in [0, 0.1) is 6.92 Å². The first-order valence-electron chi connectivity index (χ1n) is 17.4. The zero-order valence-corrected chi connectivity index (χ0v) is 31.9. The molecule has 9 aromatic rings. The first kappa shape index (κ1) is 35.9. The van der Waals surface area contributed by atoms with E-state index in [0.717, 1.165) is 54.4 Å². The van der Waals surface area contributed by atoms with Crippen LogP contribution in [0.4, 0.5) is 0 Å². The lowest BCUT2D eigenvalue weighted by Crippen LogP contribution is -2.06. The van der Waals surface area contributed by atoms with Gasteiger partial charge in [0.05, 0.1) is 14.7 Å². The van der Waals surface area contributed by atoms with Crippen molar-refractivity contribution in [2.24, 2.45) is 0 Å². The standard InChI is InChI=1S/C44H30O9S3/c1-25-9-10-31-21-40-30(22-41(31)44(25)37-8-4-7-29-15-28-11-13-35(54(45,46)47)17-32(28)23-39(29)37)12-14-43(56(51,52)53)42(40)24-34-19-36(55(48,49)50)18-33-16-26-5-2-3-6-27(26)20-38(33)34/h2-23H,24H2,1H3,(H,45,46,47)(H,48,49,50)(H,51,52,53). The molecular weight excluding hydrogens is 769 g/mol. The van der Waals surface area contributed by atoms with E-state index in [1.807, 2.05) is 97.9 Å². The number of rotatable bonds is 6. The second kappa shape index (κ2) is 12.6. The summed E-state index contributed by atoms with van der Waals surface area (Å²) in [5, 5.41) is 8.91. The largest absolute Gasteiger partial charge is 0.294 e. The van der Waals surface area contributed by atoms with Crippen molar-refractivity contribution in [2.75, 3.05) is 0 Å². The molecule has 12 heteroatoms. The fraction of sp³-hybridized carbons (Fsp3) is 0.0455. The van der Waals surface area contributed by atoms with Gasteiger partial charge in [-0.1, -0.05) is 66.7 Å². The van der Waals surface area contributed by atoms with Crippen molar-refractivity contribution < 1.29 is 38.9 Å². The highest BCUT2D eigenvalue weighted by atomic mass is 32.2. The van der Waals surface area contributed by atoms with Gasteiger partial charge in [0.25, 0.3) is 30.4 Å². The van der Waals surface area contributed by atoms with Crippen molar-refractivity contribution in [3.63, 3.8) is 0 Å². The lowest BCUT2D eigenvalue weighted by atomic mass is 9.87. The summed E-state index contributed by atoms with van der Waals surface area (Å²) >= 11 is 0. The van der Waals surface area contributed by atoms with Gasteiger partial charge in [-0.05, 0) is 166 Å². The molecule has 0 spiro atoms. The Morgan fingerprint density at radius 3 is 1.71 bits per heavy atom. The van der Waals surface area contributed by atoms with Crippen molar-refractivity contribution in [1.82, 2.24) is 0 Å². The molecular formula is C44H30O9S3. The molecule has 0 aliphatic heterocycles. The fourth-order valence-corrected chi connectivity index (χ4v) is 9.86. The molecule has 0 saturated carbocycles. The first-order valence-corrected chi connectivity index (χ1v) is 21.7. The zero-order valence-electron chi connectivity index (χ0n) is 29.4. The predicted octanol–water partition coefficient (Wildman–Crippen LogP) is 9.91. The van der Waals surface area contributed by atoms with Crippen molar-refractivity contribution in [3.8, 4) is 11.1 Å². The lowest BCUT2D eigenvalue weighted by molar-refractivity contribution is 0.480. The Morgan fingerprint density at radius 2 is 0.982 bits per heavy atom. The average Bonchev–Trinajstić information content (AvgIpc) is 3.14. The van der Waals surface area contributed by atoms with Crippen LogP contribution in [0.25, 0.3) is 75.8 Å². The van der Waals surface area contributed by atoms with E-state index in [-0.39, 0.29) is 26.7 Å². The average molecular weight is 799 g/mol. The van der Waals surface area contributed by atoms with Crippen LogP contribution in [0.3, 0.4) is 0 Å². The van der Waals surface area contributed by atoms with E-state index in [9.17, 15) is 38.9 Å². The molecule has 0 amide bonds. The highest BCUT2D eigenvalue weighted by Gasteiger charge is 2.23. The maximum absolute atomic E-state index is 13.0. The molecule has 0 unspecified atom stereocenters. The van der Waals surface area contributed by atoms with E-state index in [1.165, 1.54) is 30.3 Å². The maximum Gasteiger partial charge on any atom is 0.294 e. The van der Waals surface area contributed by atoms with Gasteiger partial charge in [0.2, 0.25) is 0 Å².